The zero-order valence-corrected chi connectivity index (χ0v) is 11.9. The number of nitrogens with zero attached hydrogens (tertiary/aromatic N) is 1. The summed E-state index contributed by atoms with van der Waals surface area (Å²) in [4.78, 5) is 2.57. The van der Waals surface area contributed by atoms with Gasteiger partial charge >= 0.3 is 0 Å². The van der Waals surface area contributed by atoms with Crippen LogP contribution in [0.4, 0.5) is 4.39 Å². The Labute approximate surface area is 116 Å². The second-order valence-electron chi connectivity index (χ2n) is 5.48. The molecule has 1 saturated heterocycles. The lowest BCUT2D eigenvalue weighted by atomic mass is 10.0. The second kappa shape index (κ2) is 7.61. The van der Waals surface area contributed by atoms with Crippen molar-refractivity contribution in [1.29, 1.82) is 0 Å². The highest BCUT2D eigenvalue weighted by molar-refractivity contribution is 5.15. The van der Waals surface area contributed by atoms with Crippen molar-refractivity contribution in [2.24, 2.45) is 0 Å². The summed E-state index contributed by atoms with van der Waals surface area (Å²) >= 11 is 0. The van der Waals surface area contributed by atoms with Gasteiger partial charge in [-0.1, -0.05) is 25.5 Å². The lowest BCUT2D eigenvalue weighted by Gasteiger charge is -2.32. The minimum absolute atomic E-state index is 0.159. The largest absolute Gasteiger partial charge is 0.310 e. The molecule has 0 aromatic heterocycles. The molecule has 2 rings (SSSR count). The summed E-state index contributed by atoms with van der Waals surface area (Å²) in [7, 11) is 0. The van der Waals surface area contributed by atoms with E-state index >= 15 is 0 Å². The molecule has 1 aliphatic heterocycles. The smallest absolute Gasteiger partial charge is 0.123 e. The van der Waals surface area contributed by atoms with E-state index in [1.54, 1.807) is 0 Å². The van der Waals surface area contributed by atoms with Gasteiger partial charge in [-0.15, -0.1) is 0 Å². The molecule has 0 atom stereocenters. The Morgan fingerprint density at radius 1 is 1.21 bits per heavy atom. The van der Waals surface area contributed by atoms with Crippen LogP contribution in [0, 0.1) is 5.82 Å². The van der Waals surface area contributed by atoms with Crippen molar-refractivity contribution >= 4 is 0 Å². The van der Waals surface area contributed by atoms with E-state index in [1.165, 1.54) is 57.5 Å². The van der Waals surface area contributed by atoms with Crippen LogP contribution in [0.1, 0.15) is 38.2 Å². The SMILES string of the molecule is CCCCN1CCC(NCc2ccc(F)cc2)CC1. The van der Waals surface area contributed by atoms with Crippen molar-refractivity contribution in [3.05, 3.63) is 35.6 Å². The third-order valence-electron chi connectivity index (χ3n) is 3.92. The summed E-state index contributed by atoms with van der Waals surface area (Å²) < 4.78 is 12.8. The van der Waals surface area contributed by atoms with Crippen LogP contribution in [-0.2, 0) is 6.54 Å². The van der Waals surface area contributed by atoms with Gasteiger partial charge < -0.3 is 10.2 Å². The van der Waals surface area contributed by atoms with Gasteiger partial charge in [0, 0.05) is 12.6 Å². The fourth-order valence-corrected chi connectivity index (χ4v) is 2.61. The maximum absolute atomic E-state index is 12.8. The highest BCUT2D eigenvalue weighted by Gasteiger charge is 2.17. The average molecular weight is 264 g/mol. The standard InChI is InChI=1S/C16H25FN2/c1-2-3-10-19-11-8-16(9-12-19)18-13-14-4-6-15(17)7-5-14/h4-7,16,18H,2-3,8-13H2,1H3. The van der Waals surface area contributed by atoms with E-state index in [-0.39, 0.29) is 5.82 Å². The topological polar surface area (TPSA) is 15.3 Å². The fraction of sp³-hybridized carbons (Fsp3) is 0.625. The normalized spacial score (nSPS) is 17.8. The number of rotatable bonds is 6. The lowest BCUT2D eigenvalue weighted by molar-refractivity contribution is 0.195. The van der Waals surface area contributed by atoms with E-state index < -0.39 is 0 Å². The van der Waals surface area contributed by atoms with E-state index in [1.807, 2.05) is 12.1 Å². The number of halogens is 1. The number of hydrogen-bond donors (Lipinski definition) is 1. The monoisotopic (exact) mass is 264 g/mol. The van der Waals surface area contributed by atoms with Crippen molar-refractivity contribution in [2.45, 2.75) is 45.2 Å². The van der Waals surface area contributed by atoms with Crippen LogP contribution in [0.5, 0.6) is 0 Å². The molecule has 1 aliphatic rings. The number of likely N-dealkylation sites (tertiary alicyclic amines) is 1. The summed E-state index contributed by atoms with van der Waals surface area (Å²) in [5.41, 5.74) is 1.16. The van der Waals surface area contributed by atoms with Crippen LogP contribution in [-0.4, -0.2) is 30.6 Å². The molecule has 1 aromatic rings. The average Bonchev–Trinajstić information content (AvgIpc) is 2.46. The number of benzene rings is 1. The van der Waals surface area contributed by atoms with Gasteiger partial charge in [0.2, 0.25) is 0 Å². The zero-order chi connectivity index (χ0) is 13.5. The Balaban J connectivity index is 1.67. The number of nitrogens with one attached hydrogen (secondary N) is 1. The Bertz CT molecular complexity index is 356. The third-order valence-corrected chi connectivity index (χ3v) is 3.92. The van der Waals surface area contributed by atoms with E-state index in [0.717, 1.165) is 12.1 Å². The molecule has 0 radical (unpaired) electrons. The minimum atomic E-state index is -0.159. The van der Waals surface area contributed by atoms with E-state index in [0.29, 0.717) is 6.04 Å². The third kappa shape index (κ3) is 4.92. The van der Waals surface area contributed by atoms with Crippen molar-refractivity contribution in [2.75, 3.05) is 19.6 Å². The van der Waals surface area contributed by atoms with Crippen molar-refractivity contribution in [1.82, 2.24) is 10.2 Å². The van der Waals surface area contributed by atoms with Crippen LogP contribution < -0.4 is 5.32 Å². The fourth-order valence-electron chi connectivity index (χ4n) is 2.61. The first-order chi connectivity index (χ1) is 9.28. The molecule has 3 heteroatoms. The first-order valence-corrected chi connectivity index (χ1v) is 7.48. The van der Waals surface area contributed by atoms with Crippen molar-refractivity contribution in [3.63, 3.8) is 0 Å². The van der Waals surface area contributed by atoms with E-state index in [4.69, 9.17) is 0 Å². The molecule has 1 fully saturated rings. The molecule has 0 bridgehead atoms. The molecule has 0 spiro atoms. The van der Waals surface area contributed by atoms with Crippen molar-refractivity contribution in [3.8, 4) is 0 Å². The molecular formula is C16H25FN2. The maximum Gasteiger partial charge on any atom is 0.123 e. The minimum Gasteiger partial charge on any atom is -0.310 e. The van der Waals surface area contributed by atoms with Crippen LogP contribution in [0.2, 0.25) is 0 Å². The first-order valence-electron chi connectivity index (χ1n) is 7.48. The summed E-state index contributed by atoms with van der Waals surface area (Å²) in [5, 5.41) is 3.58. The molecule has 2 nitrogen and oxygen atoms in total. The van der Waals surface area contributed by atoms with Crippen LogP contribution in [0.25, 0.3) is 0 Å². The Kier molecular flexibility index (Phi) is 5.80. The highest BCUT2D eigenvalue weighted by atomic mass is 19.1. The highest BCUT2D eigenvalue weighted by Crippen LogP contribution is 2.12. The number of piperidine rings is 1. The molecule has 0 saturated carbocycles. The molecule has 1 heterocycles. The summed E-state index contributed by atoms with van der Waals surface area (Å²) in [6, 6.07) is 7.40. The van der Waals surface area contributed by atoms with Gasteiger partial charge in [0.15, 0.2) is 0 Å². The Morgan fingerprint density at radius 2 is 1.89 bits per heavy atom. The summed E-state index contributed by atoms with van der Waals surface area (Å²) in [5.74, 6) is -0.159. The number of unbranched alkanes of at least 4 members (excludes halogenated alkanes) is 1. The van der Waals surface area contributed by atoms with Gasteiger partial charge in [-0.25, -0.2) is 4.39 Å². The maximum atomic E-state index is 12.8. The quantitative estimate of drug-likeness (QED) is 0.849. The lowest BCUT2D eigenvalue weighted by Crippen LogP contribution is -2.42. The van der Waals surface area contributed by atoms with Crippen LogP contribution in [0.3, 0.4) is 0 Å². The Hall–Kier alpha value is -0.930. The summed E-state index contributed by atoms with van der Waals surface area (Å²) in [6.07, 6.45) is 5.05. The molecule has 19 heavy (non-hydrogen) atoms. The van der Waals surface area contributed by atoms with Gasteiger partial charge in [-0.2, -0.15) is 0 Å². The molecular weight excluding hydrogens is 239 g/mol. The van der Waals surface area contributed by atoms with E-state index in [2.05, 4.69) is 17.1 Å². The number of hydrogen-bond acceptors (Lipinski definition) is 2. The van der Waals surface area contributed by atoms with Gasteiger partial charge in [-0.05, 0) is 56.6 Å². The molecule has 106 valence electrons. The predicted octanol–water partition coefficient (Wildman–Crippen LogP) is 3.18. The Morgan fingerprint density at radius 3 is 2.53 bits per heavy atom. The summed E-state index contributed by atoms with van der Waals surface area (Å²) in [6.45, 7) is 6.76. The van der Waals surface area contributed by atoms with Gasteiger partial charge in [0.25, 0.3) is 0 Å². The zero-order valence-electron chi connectivity index (χ0n) is 11.9. The molecule has 0 amide bonds. The van der Waals surface area contributed by atoms with Crippen LogP contribution >= 0.6 is 0 Å². The second-order valence-corrected chi connectivity index (χ2v) is 5.48. The van der Waals surface area contributed by atoms with Gasteiger partial charge in [0.05, 0.1) is 0 Å². The van der Waals surface area contributed by atoms with Gasteiger partial charge in [-0.3, -0.25) is 0 Å². The predicted molar refractivity (Wildman–Crippen MR) is 77.6 cm³/mol. The first kappa shape index (κ1) is 14.5. The van der Waals surface area contributed by atoms with Gasteiger partial charge in [0.1, 0.15) is 5.82 Å². The molecule has 1 N–H and O–H groups in total. The molecule has 0 unspecified atom stereocenters. The van der Waals surface area contributed by atoms with Crippen molar-refractivity contribution < 1.29 is 4.39 Å². The van der Waals surface area contributed by atoms with Crippen LogP contribution in [0.15, 0.2) is 24.3 Å². The molecule has 1 aromatic carbocycles. The van der Waals surface area contributed by atoms with E-state index in [9.17, 15) is 4.39 Å². The molecule has 0 aliphatic carbocycles.